The minimum absolute atomic E-state index is 0.153. The first-order chi connectivity index (χ1) is 16.1. The molecule has 188 valence electrons. The fourth-order valence-corrected chi connectivity index (χ4v) is 3.61. The van der Waals surface area contributed by atoms with Gasteiger partial charge in [-0.15, -0.1) is 23.2 Å². The van der Waals surface area contributed by atoms with Gasteiger partial charge < -0.3 is 15.4 Å². The van der Waals surface area contributed by atoms with Crippen LogP contribution in [0.15, 0.2) is 24.3 Å². The number of hydrogen-bond donors (Lipinski definition) is 3. The van der Waals surface area contributed by atoms with Gasteiger partial charge in [0.25, 0.3) is 5.91 Å². The largest absolute Gasteiger partial charge is 0.444 e. The maximum atomic E-state index is 14.9. The molecule has 0 aromatic heterocycles. The van der Waals surface area contributed by atoms with Gasteiger partial charge in [-0.05, 0) is 51.5 Å². The van der Waals surface area contributed by atoms with Crippen molar-refractivity contribution in [1.82, 2.24) is 0 Å². The van der Waals surface area contributed by atoms with E-state index in [2.05, 4.69) is 10.6 Å². The van der Waals surface area contributed by atoms with Crippen molar-refractivity contribution in [3.8, 4) is 0 Å². The number of anilines is 3. The van der Waals surface area contributed by atoms with Gasteiger partial charge in [0.05, 0.1) is 22.2 Å². The van der Waals surface area contributed by atoms with Crippen LogP contribution in [0.2, 0.25) is 5.02 Å². The number of carbonyl (C=O) groups excluding carboxylic acids is 3. The predicted molar refractivity (Wildman–Crippen MR) is 127 cm³/mol. The number of hydrogen-bond acceptors (Lipinski definition) is 4. The van der Waals surface area contributed by atoms with Crippen molar-refractivity contribution >= 4 is 69.8 Å². The summed E-state index contributed by atoms with van der Waals surface area (Å²) in [5.41, 5.74) is -2.97. The molecule has 13 heteroatoms. The van der Waals surface area contributed by atoms with Gasteiger partial charge >= 0.3 is 6.09 Å². The van der Waals surface area contributed by atoms with Gasteiger partial charge in [0, 0.05) is 5.69 Å². The zero-order valence-electron chi connectivity index (χ0n) is 18.5. The first kappa shape index (κ1) is 26.9. The summed E-state index contributed by atoms with van der Waals surface area (Å²) in [7, 11) is 0. The molecular formula is C22H19Cl3F3N3O4. The molecule has 2 aromatic carbocycles. The summed E-state index contributed by atoms with van der Waals surface area (Å²) < 4.78 is 47.3. The Bertz CT molecular complexity index is 1220. The van der Waals surface area contributed by atoms with E-state index in [1.165, 1.54) is 0 Å². The highest BCUT2D eigenvalue weighted by Crippen LogP contribution is 2.53. The van der Waals surface area contributed by atoms with Gasteiger partial charge in [-0.2, -0.15) is 0 Å². The molecular weight excluding hydrogens is 534 g/mol. The molecule has 0 aliphatic heterocycles. The standard InChI is InChI=1S/C22H19Cl3F3N3O4/c1-21(2,3)35-20(34)30-14-5-4-12(26)17(16(14)28)31-18(32)10-6-9(7-13(27)15(10)23)29-19(33)11-8-22(11,24)25/h4-7,11H,8H2,1-3H3,(H,29,33)(H,30,34)(H,31,32). The lowest BCUT2D eigenvalue weighted by molar-refractivity contribution is -0.117. The van der Waals surface area contributed by atoms with E-state index >= 15 is 0 Å². The molecule has 1 aliphatic rings. The Morgan fingerprint density at radius 3 is 2.23 bits per heavy atom. The number of carbonyl (C=O) groups is 3. The molecule has 0 radical (unpaired) electrons. The monoisotopic (exact) mass is 551 g/mol. The van der Waals surface area contributed by atoms with Crippen LogP contribution in [0.1, 0.15) is 37.6 Å². The van der Waals surface area contributed by atoms with E-state index in [0.29, 0.717) is 0 Å². The molecule has 0 bridgehead atoms. The molecule has 1 unspecified atom stereocenters. The number of alkyl halides is 2. The van der Waals surface area contributed by atoms with E-state index in [9.17, 15) is 27.6 Å². The molecule has 7 nitrogen and oxygen atoms in total. The molecule has 0 heterocycles. The number of rotatable bonds is 5. The second-order valence-electron chi connectivity index (χ2n) is 8.69. The lowest BCUT2D eigenvalue weighted by Gasteiger charge is -2.20. The first-order valence-electron chi connectivity index (χ1n) is 10.1. The minimum atomic E-state index is -1.32. The Morgan fingerprint density at radius 2 is 1.66 bits per heavy atom. The summed E-state index contributed by atoms with van der Waals surface area (Å²) in [6.07, 6.45) is -0.820. The van der Waals surface area contributed by atoms with Crippen LogP contribution >= 0.6 is 34.8 Å². The van der Waals surface area contributed by atoms with Crippen molar-refractivity contribution in [2.45, 2.75) is 37.1 Å². The summed E-state index contributed by atoms with van der Waals surface area (Å²) in [4.78, 5) is 36.8. The van der Waals surface area contributed by atoms with Crippen LogP contribution in [0, 0.1) is 23.4 Å². The van der Waals surface area contributed by atoms with Crippen LogP contribution in [0.25, 0.3) is 0 Å². The second kappa shape index (κ2) is 9.75. The minimum Gasteiger partial charge on any atom is -0.444 e. The van der Waals surface area contributed by atoms with E-state index in [1.54, 1.807) is 20.8 Å². The highest BCUT2D eigenvalue weighted by Gasteiger charge is 2.56. The number of benzene rings is 2. The van der Waals surface area contributed by atoms with Crippen molar-refractivity contribution < 1.29 is 32.3 Å². The Hall–Kier alpha value is -2.69. The Morgan fingerprint density at radius 1 is 1.03 bits per heavy atom. The topological polar surface area (TPSA) is 96.5 Å². The summed E-state index contributed by atoms with van der Waals surface area (Å²) in [5, 5.41) is 5.79. The van der Waals surface area contributed by atoms with Gasteiger partial charge in [0.15, 0.2) is 5.82 Å². The van der Waals surface area contributed by atoms with Crippen molar-refractivity contribution in [2.75, 3.05) is 16.0 Å². The molecule has 3 N–H and O–H groups in total. The van der Waals surface area contributed by atoms with E-state index in [-0.39, 0.29) is 12.1 Å². The molecule has 3 amide bonds. The first-order valence-corrected chi connectivity index (χ1v) is 11.2. The molecule has 2 aromatic rings. The highest BCUT2D eigenvalue weighted by atomic mass is 35.5. The van der Waals surface area contributed by atoms with E-state index in [0.717, 1.165) is 24.3 Å². The third-order valence-electron chi connectivity index (χ3n) is 4.65. The predicted octanol–water partition coefficient (Wildman–Crippen LogP) is 6.49. The zero-order valence-corrected chi connectivity index (χ0v) is 20.8. The fraction of sp³-hybridized carbons (Fsp3) is 0.318. The highest BCUT2D eigenvalue weighted by molar-refractivity contribution is 6.52. The molecule has 1 aliphatic carbocycles. The average molecular weight is 553 g/mol. The van der Waals surface area contributed by atoms with Crippen LogP contribution in [0.5, 0.6) is 0 Å². The second-order valence-corrected chi connectivity index (χ2v) is 10.6. The third kappa shape index (κ3) is 6.50. The van der Waals surface area contributed by atoms with Crippen LogP contribution < -0.4 is 16.0 Å². The van der Waals surface area contributed by atoms with Crippen LogP contribution in [0.4, 0.5) is 35.0 Å². The van der Waals surface area contributed by atoms with Crippen molar-refractivity contribution in [3.05, 3.63) is 52.3 Å². The number of nitrogens with one attached hydrogen (secondary N) is 3. The van der Waals surface area contributed by atoms with Gasteiger partial charge in [-0.3, -0.25) is 14.9 Å². The quantitative estimate of drug-likeness (QED) is 0.370. The Kier molecular flexibility index (Phi) is 7.50. The molecule has 0 spiro atoms. The maximum Gasteiger partial charge on any atom is 0.412 e. The maximum absolute atomic E-state index is 14.9. The van der Waals surface area contributed by atoms with Gasteiger partial charge in [0.2, 0.25) is 5.91 Å². The molecule has 1 saturated carbocycles. The normalized spacial score (nSPS) is 16.3. The van der Waals surface area contributed by atoms with Crippen molar-refractivity contribution in [3.63, 3.8) is 0 Å². The molecule has 1 fully saturated rings. The van der Waals surface area contributed by atoms with Crippen LogP contribution in [0.3, 0.4) is 0 Å². The van der Waals surface area contributed by atoms with Crippen molar-refractivity contribution in [1.29, 1.82) is 0 Å². The van der Waals surface area contributed by atoms with Gasteiger partial charge in [-0.25, -0.2) is 18.0 Å². The zero-order chi connectivity index (χ0) is 26.3. The number of amides is 3. The van der Waals surface area contributed by atoms with E-state index in [4.69, 9.17) is 39.5 Å². The SMILES string of the molecule is CC(C)(C)OC(=O)Nc1ccc(F)c(NC(=O)c2cc(NC(=O)C3CC3(Cl)Cl)cc(F)c2Cl)c1F. The van der Waals surface area contributed by atoms with Gasteiger partial charge in [0.1, 0.15) is 27.3 Å². The lowest BCUT2D eigenvalue weighted by atomic mass is 10.1. The fourth-order valence-electron chi connectivity index (χ4n) is 2.91. The summed E-state index contributed by atoms with van der Waals surface area (Å²) in [5.74, 6) is -6.10. The molecule has 35 heavy (non-hydrogen) atoms. The molecule has 0 saturated heterocycles. The van der Waals surface area contributed by atoms with Crippen molar-refractivity contribution in [2.24, 2.45) is 5.92 Å². The molecule has 1 atom stereocenters. The third-order valence-corrected chi connectivity index (χ3v) is 5.87. The molecule has 3 rings (SSSR count). The Balaban J connectivity index is 1.83. The number of halogens is 6. The smallest absolute Gasteiger partial charge is 0.412 e. The van der Waals surface area contributed by atoms with Crippen LogP contribution in [-0.2, 0) is 9.53 Å². The Labute approximate surface area is 213 Å². The number of ether oxygens (including phenoxy) is 1. The average Bonchev–Trinajstić information content (AvgIpc) is 3.36. The summed E-state index contributed by atoms with van der Waals surface area (Å²) >= 11 is 17.6. The summed E-state index contributed by atoms with van der Waals surface area (Å²) in [6.45, 7) is 4.77. The van der Waals surface area contributed by atoms with Gasteiger partial charge in [-0.1, -0.05) is 11.6 Å². The van der Waals surface area contributed by atoms with Crippen LogP contribution in [-0.4, -0.2) is 27.8 Å². The van der Waals surface area contributed by atoms with E-state index in [1.807, 2.05) is 5.32 Å². The van der Waals surface area contributed by atoms with E-state index < -0.39 is 73.2 Å². The lowest BCUT2D eigenvalue weighted by Crippen LogP contribution is -2.27. The summed E-state index contributed by atoms with van der Waals surface area (Å²) in [6, 6.07) is 3.60.